The highest BCUT2D eigenvalue weighted by Gasteiger charge is 2.38. The molecule has 7 nitrogen and oxygen atoms in total. The number of benzene rings is 1. The summed E-state index contributed by atoms with van der Waals surface area (Å²) in [5.41, 5.74) is -0.711. The van der Waals surface area contributed by atoms with Gasteiger partial charge < -0.3 is 19.9 Å². The molecule has 0 heterocycles. The van der Waals surface area contributed by atoms with Crippen LogP contribution in [0.5, 0.6) is 0 Å². The lowest BCUT2D eigenvalue weighted by Crippen LogP contribution is -2.44. The molecule has 1 aromatic carbocycles. The molecule has 174 valence electrons. The third kappa shape index (κ3) is 10.6. The lowest BCUT2D eigenvalue weighted by atomic mass is 9.85. The van der Waals surface area contributed by atoms with Crippen LogP contribution in [0.3, 0.4) is 0 Å². The summed E-state index contributed by atoms with van der Waals surface area (Å²) in [6.45, 7) is 4.70. The second-order valence-corrected chi connectivity index (χ2v) is 7.97. The van der Waals surface area contributed by atoms with Crippen molar-refractivity contribution >= 4 is 17.7 Å². The van der Waals surface area contributed by atoms with Crippen molar-refractivity contribution in [2.75, 3.05) is 26.9 Å². The number of ether oxygens (including phenoxy) is 2. The predicted octanol–water partition coefficient (Wildman–Crippen LogP) is 3.29. The molecule has 7 heteroatoms. The molecule has 0 saturated carbocycles. The first-order chi connectivity index (χ1) is 14.8. The number of esters is 1. The quantitative estimate of drug-likeness (QED) is 0.235. The van der Waals surface area contributed by atoms with E-state index in [9.17, 15) is 19.5 Å². The number of hydrogen-bond donors (Lipinski definition) is 2. The smallest absolute Gasteiger partial charge is 0.311 e. The van der Waals surface area contributed by atoms with Crippen LogP contribution in [0.25, 0.3) is 0 Å². The van der Waals surface area contributed by atoms with E-state index in [1.54, 1.807) is 31.2 Å². The van der Waals surface area contributed by atoms with Gasteiger partial charge in [-0.2, -0.15) is 0 Å². The topological polar surface area (TPSA) is 102 Å². The van der Waals surface area contributed by atoms with Crippen molar-refractivity contribution in [3.05, 3.63) is 35.9 Å². The molecule has 1 aromatic rings. The molecule has 0 spiro atoms. The first-order valence-electron chi connectivity index (χ1n) is 11.0. The van der Waals surface area contributed by atoms with Gasteiger partial charge in [0.2, 0.25) is 5.91 Å². The Balaban J connectivity index is 2.32. The Bertz CT molecular complexity index is 674. The number of rotatable bonds is 16. The molecule has 0 fully saturated rings. The summed E-state index contributed by atoms with van der Waals surface area (Å²) in [4.78, 5) is 36.2. The first kappa shape index (κ1) is 26.8. The van der Waals surface area contributed by atoms with Crippen molar-refractivity contribution in [1.29, 1.82) is 0 Å². The van der Waals surface area contributed by atoms with Gasteiger partial charge in [0.25, 0.3) is 0 Å². The van der Waals surface area contributed by atoms with E-state index >= 15 is 0 Å². The maximum Gasteiger partial charge on any atom is 0.311 e. The number of carbonyl (C=O) groups is 3. The molecule has 0 aromatic heterocycles. The van der Waals surface area contributed by atoms with E-state index < -0.39 is 17.5 Å². The maximum absolute atomic E-state index is 12.1. The standard InChI is InChI=1S/C24H37NO6/c1-4-5-17-31-18-24(2,29)20(23(28)30-3)13-9-10-16-25-22(27)15-14-21(26)19-11-7-6-8-12-19/h6-8,11-12,20,29H,4-5,9-10,13-18H2,1-3H3,(H,25,27). The molecule has 1 rings (SSSR count). The number of hydrogen-bond acceptors (Lipinski definition) is 6. The van der Waals surface area contributed by atoms with Crippen LogP contribution in [0.2, 0.25) is 0 Å². The molecule has 0 aliphatic heterocycles. The number of nitrogens with one attached hydrogen (secondary N) is 1. The first-order valence-corrected chi connectivity index (χ1v) is 11.0. The highest BCUT2D eigenvalue weighted by Crippen LogP contribution is 2.25. The zero-order valence-electron chi connectivity index (χ0n) is 19.0. The van der Waals surface area contributed by atoms with Crippen molar-refractivity contribution in [3.8, 4) is 0 Å². The molecular weight excluding hydrogens is 398 g/mol. The third-order valence-corrected chi connectivity index (χ3v) is 5.19. The van der Waals surface area contributed by atoms with Crippen LogP contribution >= 0.6 is 0 Å². The number of Topliss-reactive ketones (excluding diaryl/α,β-unsaturated/α-hetero) is 1. The van der Waals surface area contributed by atoms with E-state index in [2.05, 4.69) is 12.2 Å². The summed E-state index contributed by atoms with van der Waals surface area (Å²) in [7, 11) is 1.31. The number of amides is 1. The van der Waals surface area contributed by atoms with E-state index in [-0.39, 0.29) is 31.1 Å². The molecule has 0 radical (unpaired) electrons. The molecule has 2 N–H and O–H groups in total. The van der Waals surface area contributed by atoms with Gasteiger partial charge in [0.15, 0.2) is 5.78 Å². The summed E-state index contributed by atoms with van der Waals surface area (Å²) >= 11 is 0. The molecule has 0 saturated heterocycles. The summed E-state index contributed by atoms with van der Waals surface area (Å²) in [5.74, 6) is -1.39. The van der Waals surface area contributed by atoms with Gasteiger partial charge in [0.05, 0.1) is 25.2 Å². The van der Waals surface area contributed by atoms with Crippen molar-refractivity contribution in [1.82, 2.24) is 5.32 Å². The highest BCUT2D eigenvalue weighted by atomic mass is 16.5. The summed E-state index contributed by atoms with van der Waals surface area (Å²) in [6.07, 6.45) is 3.92. The fourth-order valence-electron chi connectivity index (χ4n) is 3.24. The van der Waals surface area contributed by atoms with Gasteiger partial charge in [-0.3, -0.25) is 14.4 Å². The van der Waals surface area contributed by atoms with Crippen LogP contribution in [-0.4, -0.2) is 55.2 Å². The van der Waals surface area contributed by atoms with Crippen LogP contribution in [0.1, 0.15) is 69.2 Å². The largest absolute Gasteiger partial charge is 0.469 e. The lowest BCUT2D eigenvalue weighted by molar-refractivity contribution is -0.160. The monoisotopic (exact) mass is 435 g/mol. The minimum Gasteiger partial charge on any atom is -0.469 e. The maximum atomic E-state index is 12.1. The van der Waals surface area contributed by atoms with Gasteiger partial charge in [-0.05, 0) is 26.2 Å². The Morgan fingerprint density at radius 2 is 1.81 bits per heavy atom. The Kier molecular flexibility index (Phi) is 12.7. The Morgan fingerprint density at radius 1 is 1.10 bits per heavy atom. The second kappa shape index (κ2) is 14.7. The Morgan fingerprint density at radius 3 is 2.45 bits per heavy atom. The highest BCUT2D eigenvalue weighted by molar-refractivity contribution is 5.97. The Labute approximate surface area is 185 Å². The van der Waals surface area contributed by atoms with E-state index in [4.69, 9.17) is 9.47 Å². The summed E-state index contributed by atoms with van der Waals surface area (Å²) in [6, 6.07) is 8.91. The van der Waals surface area contributed by atoms with E-state index in [1.165, 1.54) is 7.11 Å². The molecule has 2 atom stereocenters. The molecular formula is C24H37NO6. The van der Waals surface area contributed by atoms with Crippen LogP contribution in [0.15, 0.2) is 30.3 Å². The normalized spacial score (nSPS) is 13.8. The molecule has 1 amide bonds. The average Bonchev–Trinajstić information content (AvgIpc) is 2.77. The van der Waals surface area contributed by atoms with Crippen LogP contribution in [-0.2, 0) is 19.1 Å². The fraction of sp³-hybridized carbons (Fsp3) is 0.625. The van der Waals surface area contributed by atoms with E-state index in [1.807, 2.05) is 6.07 Å². The van der Waals surface area contributed by atoms with Gasteiger partial charge in [0, 0.05) is 31.6 Å². The molecule has 0 aliphatic rings. The van der Waals surface area contributed by atoms with Gasteiger partial charge in [-0.25, -0.2) is 0 Å². The van der Waals surface area contributed by atoms with Crippen molar-refractivity contribution in [2.45, 2.75) is 64.4 Å². The average molecular weight is 436 g/mol. The van der Waals surface area contributed by atoms with Gasteiger partial charge in [-0.15, -0.1) is 0 Å². The molecule has 0 bridgehead atoms. The van der Waals surface area contributed by atoms with Crippen LogP contribution in [0, 0.1) is 5.92 Å². The number of ketones is 1. The zero-order valence-corrected chi connectivity index (χ0v) is 19.0. The number of aliphatic hydroxyl groups is 1. The SMILES string of the molecule is CCCCOCC(C)(O)C(CCCCNC(=O)CCC(=O)c1ccccc1)C(=O)OC. The molecule has 0 aliphatic carbocycles. The zero-order chi connectivity index (χ0) is 23.1. The lowest BCUT2D eigenvalue weighted by Gasteiger charge is -2.31. The van der Waals surface area contributed by atoms with Crippen molar-refractivity contribution in [2.24, 2.45) is 5.92 Å². The van der Waals surface area contributed by atoms with Crippen LogP contribution in [0.4, 0.5) is 0 Å². The number of methoxy groups -OCH3 is 1. The summed E-state index contributed by atoms with van der Waals surface area (Å²) < 4.78 is 10.4. The number of unbranched alkanes of at least 4 members (excludes halogenated alkanes) is 2. The minimum atomic E-state index is -1.32. The number of carbonyl (C=O) groups excluding carboxylic acids is 3. The predicted molar refractivity (Wildman–Crippen MR) is 119 cm³/mol. The Hall–Kier alpha value is -2.25. The minimum absolute atomic E-state index is 0.0555. The van der Waals surface area contributed by atoms with Gasteiger partial charge >= 0.3 is 5.97 Å². The summed E-state index contributed by atoms with van der Waals surface area (Å²) in [5, 5.41) is 13.5. The fourth-order valence-corrected chi connectivity index (χ4v) is 3.24. The van der Waals surface area contributed by atoms with Crippen molar-refractivity contribution in [3.63, 3.8) is 0 Å². The molecule has 31 heavy (non-hydrogen) atoms. The van der Waals surface area contributed by atoms with Crippen molar-refractivity contribution < 1.29 is 29.0 Å². The van der Waals surface area contributed by atoms with Gasteiger partial charge in [0.1, 0.15) is 0 Å². The molecule has 2 unspecified atom stereocenters. The van der Waals surface area contributed by atoms with Crippen LogP contribution < -0.4 is 5.32 Å². The van der Waals surface area contributed by atoms with E-state index in [0.29, 0.717) is 38.0 Å². The van der Waals surface area contributed by atoms with Gasteiger partial charge in [-0.1, -0.05) is 50.1 Å². The third-order valence-electron chi connectivity index (χ3n) is 5.19. The second-order valence-electron chi connectivity index (χ2n) is 7.97. The van der Waals surface area contributed by atoms with E-state index in [0.717, 1.165) is 12.8 Å².